The van der Waals surface area contributed by atoms with Crippen LogP contribution in [0.25, 0.3) is 0 Å². The molecule has 1 aromatic rings. The monoisotopic (exact) mass is 284 g/mol. The lowest BCUT2D eigenvalue weighted by Crippen LogP contribution is -2.35. The molecule has 1 rings (SSSR count). The van der Waals surface area contributed by atoms with Crippen LogP contribution in [-0.4, -0.2) is 35.5 Å². The molecule has 0 spiro atoms. The van der Waals surface area contributed by atoms with Gasteiger partial charge in [0.1, 0.15) is 5.01 Å². The first kappa shape index (κ1) is 16.1. The van der Waals surface area contributed by atoms with Crippen molar-refractivity contribution in [2.75, 3.05) is 13.7 Å². The Balaban J connectivity index is 2.74. The molecule has 0 radical (unpaired) electrons. The summed E-state index contributed by atoms with van der Waals surface area (Å²) in [5.41, 5.74) is 1.18. The average molecular weight is 284 g/mol. The molecular formula is C14H24N2O2S. The Morgan fingerprint density at radius 2 is 2.11 bits per heavy atom. The maximum Gasteiger partial charge on any atom is 0.319 e. The SMILES string of the molecule is COC(=O)CN(Cc1nc(C(C)(C)C)cs1)C(C)C. The molecule has 4 nitrogen and oxygen atoms in total. The molecule has 0 saturated carbocycles. The van der Waals surface area contributed by atoms with E-state index in [9.17, 15) is 4.79 Å². The van der Waals surface area contributed by atoms with Crippen LogP contribution in [0.2, 0.25) is 0 Å². The molecule has 0 N–H and O–H groups in total. The van der Waals surface area contributed by atoms with E-state index in [1.807, 2.05) is 0 Å². The van der Waals surface area contributed by atoms with E-state index in [2.05, 4.69) is 49.9 Å². The Bertz CT molecular complexity index is 421. The molecule has 0 aliphatic rings. The Kier molecular flexibility index (Phi) is 5.50. The fourth-order valence-corrected chi connectivity index (χ4v) is 2.60. The first-order valence-corrected chi connectivity index (χ1v) is 7.37. The molecular weight excluding hydrogens is 260 g/mol. The van der Waals surface area contributed by atoms with Crippen molar-refractivity contribution in [2.45, 2.75) is 52.6 Å². The average Bonchev–Trinajstić information content (AvgIpc) is 2.76. The predicted molar refractivity (Wildman–Crippen MR) is 78.4 cm³/mol. The van der Waals surface area contributed by atoms with Gasteiger partial charge in [-0.2, -0.15) is 0 Å². The molecule has 0 amide bonds. The van der Waals surface area contributed by atoms with Crippen molar-refractivity contribution < 1.29 is 9.53 Å². The summed E-state index contributed by atoms with van der Waals surface area (Å²) in [7, 11) is 1.42. The van der Waals surface area contributed by atoms with Crippen LogP contribution in [0.4, 0.5) is 0 Å². The zero-order valence-corrected chi connectivity index (χ0v) is 13.5. The molecule has 5 heteroatoms. The van der Waals surface area contributed by atoms with Gasteiger partial charge in [-0.05, 0) is 13.8 Å². The Labute approximate surface area is 119 Å². The summed E-state index contributed by atoms with van der Waals surface area (Å²) in [5, 5.41) is 3.15. The number of aromatic nitrogens is 1. The van der Waals surface area contributed by atoms with Gasteiger partial charge in [-0.3, -0.25) is 9.69 Å². The van der Waals surface area contributed by atoms with E-state index in [-0.39, 0.29) is 17.4 Å². The van der Waals surface area contributed by atoms with Gasteiger partial charge in [-0.1, -0.05) is 20.8 Å². The summed E-state index contributed by atoms with van der Waals surface area (Å²) in [6.07, 6.45) is 0. The molecule has 0 aromatic carbocycles. The number of hydrogen-bond donors (Lipinski definition) is 0. The number of thiazole rings is 1. The van der Waals surface area contributed by atoms with Crippen LogP contribution >= 0.6 is 11.3 Å². The normalized spacial score (nSPS) is 12.2. The summed E-state index contributed by atoms with van der Waals surface area (Å²) in [6.45, 7) is 11.6. The third-order valence-electron chi connectivity index (χ3n) is 2.95. The minimum atomic E-state index is -0.207. The van der Waals surface area contributed by atoms with Gasteiger partial charge in [0.25, 0.3) is 0 Å². The summed E-state index contributed by atoms with van der Waals surface area (Å²) in [6, 6.07) is 0.279. The molecule has 0 aliphatic carbocycles. The van der Waals surface area contributed by atoms with Gasteiger partial charge >= 0.3 is 5.97 Å². The molecule has 1 heterocycles. The summed E-state index contributed by atoms with van der Waals surface area (Å²) in [5.74, 6) is -0.207. The lowest BCUT2D eigenvalue weighted by molar-refractivity contribution is -0.142. The lowest BCUT2D eigenvalue weighted by atomic mass is 9.93. The summed E-state index contributed by atoms with van der Waals surface area (Å²) < 4.78 is 4.73. The molecule has 1 aromatic heterocycles. The van der Waals surface area contributed by atoms with Crippen molar-refractivity contribution in [3.05, 3.63) is 16.1 Å². The Hall–Kier alpha value is -0.940. The molecule has 0 unspecified atom stereocenters. The third-order valence-corrected chi connectivity index (χ3v) is 3.78. The fraction of sp³-hybridized carbons (Fsp3) is 0.714. The van der Waals surface area contributed by atoms with E-state index in [1.54, 1.807) is 11.3 Å². The van der Waals surface area contributed by atoms with E-state index in [0.717, 1.165) is 10.7 Å². The first-order valence-electron chi connectivity index (χ1n) is 6.49. The first-order chi connectivity index (χ1) is 8.74. The number of hydrogen-bond acceptors (Lipinski definition) is 5. The van der Waals surface area contributed by atoms with Crippen LogP contribution in [-0.2, 0) is 21.5 Å². The highest BCUT2D eigenvalue weighted by Crippen LogP contribution is 2.24. The van der Waals surface area contributed by atoms with Crippen molar-refractivity contribution >= 4 is 17.3 Å². The molecule has 108 valence electrons. The number of methoxy groups -OCH3 is 1. The molecule has 19 heavy (non-hydrogen) atoms. The van der Waals surface area contributed by atoms with Crippen LogP contribution in [0.1, 0.15) is 45.3 Å². The standard InChI is InChI=1S/C14H24N2O2S/c1-10(2)16(8-13(17)18-6)7-12-15-11(9-19-12)14(3,4)5/h9-10H,7-8H2,1-6H3. The quantitative estimate of drug-likeness (QED) is 0.780. The van der Waals surface area contributed by atoms with Gasteiger partial charge in [-0.25, -0.2) is 4.98 Å². The zero-order valence-electron chi connectivity index (χ0n) is 12.7. The van der Waals surface area contributed by atoms with Crippen molar-refractivity contribution in [3.8, 4) is 0 Å². The lowest BCUT2D eigenvalue weighted by Gasteiger charge is -2.24. The second kappa shape index (κ2) is 6.48. The molecule has 0 atom stereocenters. The number of esters is 1. The fourth-order valence-electron chi connectivity index (χ4n) is 1.55. The zero-order chi connectivity index (χ0) is 14.6. The van der Waals surface area contributed by atoms with Crippen LogP contribution < -0.4 is 0 Å². The van der Waals surface area contributed by atoms with Crippen LogP contribution in [0.5, 0.6) is 0 Å². The van der Waals surface area contributed by atoms with Gasteiger partial charge < -0.3 is 4.74 Å². The van der Waals surface area contributed by atoms with E-state index < -0.39 is 0 Å². The van der Waals surface area contributed by atoms with E-state index in [4.69, 9.17) is 4.74 Å². The topological polar surface area (TPSA) is 42.4 Å². The second-order valence-corrected chi connectivity index (χ2v) is 6.89. The van der Waals surface area contributed by atoms with Gasteiger partial charge in [-0.15, -0.1) is 11.3 Å². The Morgan fingerprint density at radius 1 is 1.47 bits per heavy atom. The minimum absolute atomic E-state index is 0.0692. The second-order valence-electron chi connectivity index (χ2n) is 5.95. The van der Waals surface area contributed by atoms with Crippen LogP contribution in [0, 0.1) is 0 Å². The van der Waals surface area contributed by atoms with Gasteiger partial charge in [0.05, 0.1) is 25.9 Å². The Morgan fingerprint density at radius 3 is 2.53 bits per heavy atom. The van der Waals surface area contributed by atoms with E-state index in [1.165, 1.54) is 7.11 Å². The van der Waals surface area contributed by atoms with Gasteiger partial charge in [0, 0.05) is 16.8 Å². The molecule has 0 fully saturated rings. The maximum absolute atomic E-state index is 11.4. The van der Waals surface area contributed by atoms with Crippen molar-refractivity contribution in [2.24, 2.45) is 0 Å². The molecule has 0 aliphatic heterocycles. The van der Waals surface area contributed by atoms with Gasteiger partial charge in [0.15, 0.2) is 0 Å². The minimum Gasteiger partial charge on any atom is -0.468 e. The highest BCUT2D eigenvalue weighted by molar-refractivity contribution is 7.09. The van der Waals surface area contributed by atoms with Crippen LogP contribution in [0.3, 0.4) is 0 Å². The molecule has 0 saturated heterocycles. The maximum atomic E-state index is 11.4. The largest absolute Gasteiger partial charge is 0.468 e. The van der Waals surface area contributed by atoms with Crippen molar-refractivity contribution in [1.82, 2.24) is 9.88 Å². The summed E-state index contributed by atoms with van der Waals surface area (Å²) >= 11 is 1.65. The smallest absolute Gasteiger partial charge is 0.319 e. The van der Waals surface area contributed by atoms with Crippen LogP contribution in [0.15, 0.2) is 5.38 Å². The van der Waals surface area contributed by atoms with Gasteiger partial charge in [0.2, 0.25) is 0 Å². The predicted octanol–water partition coefficient (Wildman–Crippen LogP) is 2.82. The highest BCUT2D eigenvalue weighted by Gasteiger charge is 2.20. The van der Waals surface area contributed by atoms with E-state index >= 15 is 0 Å². The summed E-state index contributed by atoms with van der Waals surface area (Å²) in [4.78, 5) is 18.1. The molecule has 0 bridgehead atoms. The number of rotatable bonds is 5. The number of nitrogens with zero attached hydrogens (tertiary/aromatic N) is 2. The van der Waals surface area contributed by atoms with Crippen molar-refractivity contribution in [3.63, 3.8) is 0 Å². The number of ether oxygens (including phenoxy) is 1. The third kappa shape index (κ3) is 4.91. The van der Waals surface area contributed by atoms with Crippen molar-refractivity contribution in [1.29, 1.82) is 0 Å². The number of carbonyl (C=O) groups is 1. The number of carbonyl (C=O) groups excluding carboxylic acids is 1. The highest BCUT2D eigenvalue weighted by atomic mass is 32.1. The van der Waals surface area contributed by atoms with E-state index in [0.29, 0.717) is 13.1 Å².